The van der Waals surface area contributed by atoms with Crippen molar-refractivity contribution in [1.82, 2.24) is 40.4 Å². The van der Waals surface area contributed by atoms with Crippen molar-refractivity contribution in [2.45, 2.75) is 70.1 Å². The molecule has 0 bridgehead atoms. The summed E-state index contributed by atoms with van der Waals surface area (Å²) in [5, 5.41) is 5.25. The number of carbonyl (C=O) groups is 4. The van der Waals surface area contributed by atoms with Gasteiger partial charge in [-0.1, -0.05) is 32.1 Å². The number of rotatable bonds is 11. The lowest BCUT2D eigenvalue weighted by Crippen LogP contribution is -2.51. The summed E-state index contributed by atoms with van der Waals surface area (Å²) in [6.45, 7) is 8.48. The van der Waals surface area contributed by atoms with E-state index >= 15 is 4.39 Å². The molecule has 280 valence electrons. The van der Waals surface area contributed by atoms with Crippen LogP contribution in [0.3, 0.4) is 0 Å². The third-order valence-electron chi connectivity index (χ3n) is 9.96. The molecule has 4 heterocycles. The van der Waals surface area contributed by atoms with Gasteiger partial charge >= 0.3 is 12.2 Å². The monoisotopic (exact) mass is 728 g/mol. The van der Waals surface area contributed by atoms with Crippen LogP contribution in [0.4, 0.5) is 14.0 Å². The number of hydrogen-bond donors (Lipinski definition) is 4. The lowest BCUT2D eigenvalue weighted by Gasteiger charge is -2.29. The van der Waals surface area contributed by atoms with Crippen LogP contribution in [-0.2, 0) is 19.1 Å². The number of H-pyrrole nitrogens is 2. The first-order valence-electron chi connectivity index (χ1n) is 17.8. The van der Waals surface area contributed by atoms with Gasteiger partial charge in [0.2, 0.25) is 11.8 Å². The molecule has 2 aromatic carbocycles. The number of carbonyl (C=O) groups excluding carboxylic acids is 4. The van der Waals surface area contributed by atoms with Crippen LogP contribution in [0.5, 0.6) is 0 Å². The molecule has 2 fully saturated rings. The number of ether oxygens (including phenoxy) is 2. The molecule has 6 rings (SSSR count). The van der Waals surface area contributed by atoms with Gasteiger partial charge in [0.1, 0.15) is 29.5 Å². The van der Waals surface area contributed by atoms with Crippen molar-refractivity contribution in [3.63, 3.8) is 0 Å². The van der Waals surface area contributed by atoms with Gasteiger partial charge in [-0.2, -0.15) is 0 Å². The molecule has 2 aliphatic heterocycles. The standard InChI is InChI=1S/C38H45FN8O6/c1-6-9-27(44-37(50)52-4)35(48)46-16-7-10-30(46)33-40-20-29(43-33)24-14-12-22(18-25(24)39)23-13-15-26-28(19-23)42-34(41-26)31-11-8-17-47(31)36(49)32(21(2)3)45-38(51)53-5/h6,12-15,18-21,27,30-32H,1,7-11,16-17H2,2-5H3,(H,40,43)(H,41,42)(H,44,50)(H,45,51)/t27-,30-,31-,32?/m0/s1. The molecule has 0 aliphatic carbocycles. The minimum Gasteiger partial charge on any atom is -0.453 e. The van der Waals surface area contributed by atoms with Crippen molar-refractivity contribution in [2.24, 2.45) is 5.92 Å². The summed E-state index contributed by atoms with van der Waals surface area (Å²) in [5.74, 6) is 0.139. The minimum atomic E-state index is -0.825. The Morgan fingerprint density at radius 3 is 2.23 bits per heavy atom. The molecule has 2 saturated heterocycles. The van der Waals surface area contributed by atoms with Crippen LogP contribution in [0.15, 0.2) is 55.3 Å². The largest absolute Gasteiger partial charge is 0.453 e. The number of aromatic amines is 2. The molecule has 4 amide bonds. The summed E-state index contributed by atoms with van der Waals surface area (Å²) in [5.41, 5.74) is 3.71. The fraction of sp³-hybridized carbons (Fsp3) is 0.421. The maximum absolute atomic E-state index is 15.8. The van der Waals surface area contributed by atoms with Gasteiger partial charge in [0, 0.05) is 18.7 Å². The number of amides is 4. The summed E-state index contributed by atoms with van der Waals surface area (Å²) in [6, 6.07) is 8.44. The van der Waals surface area contributed by atoms with Gasteiger partial charge < -0.3 is 39.9 Å². The van der Waals surface area contributed by atoms with Crippen molar-refractivity contribution >= 4 is 35.0 Å². The second-order valence-electron chi connectivity index (χ2n) is 13.7. The average Bonchev–Trinajstić information content (AvgIpc) is 3.98. The van der Waals surface area contributed by atoms with E-state index in [-0.39, 0.29) is 36.2 Å². The number of nitrogens with one attached hydrogen (secondary N) is 4. The number of methoxy groups -OCH3 is 2. The van der Waals surface area contributed by atoms with Gasteiger partial charge in [-0.05, 0) is 73.4 Å². The summed E-state index contributed by atoms with van der Waals surface area (Å²) in [4.78, 5) is 70.2. The summed E-state index contributed by atoms with van der Waals surface area (Å²) in [7, 11) is 2.50. The van der Waals surface area contributed by atoms with Crippen molar-refractivity contribution in [1.29, 1.82) is 0 Å². The highest BCUT2D eigenvalue weighted by molar-refractivity contribution is 5.88. The Labute approximate surface area is 306 Å². The fourth-order valence-electron chi connectivity index (χ4n) is 7.22. The molecule has 2 aliphatic rings. The van der Waals surface area contributed by atoms with E-state index in [0.29, 0.717) is 48.0 Å². The van der Waals surface area contributed by atoms with Crippen LogP contribution >= 0.6 is 0 Å². The van der Waals surface area contributed by atoms with Crippen LogP contribution < -0.4 is 10.6 Å². The van der Waals surface area contributed by atoms with Crippen molar-refractivity contribution in [3.05, 3.63) is 72.7 Å². The highest BCUT2D eigenvalue weighted by Gasteiger charge is 2.38. The zero-order chi connectivity index (χ0) is 37.8. The molecule has 0 saturated carbocycles. The Balaban J connectivity index is 1.18. The Hall–Kier alpha value is -5.73. The van der Waals surface area contributed by atoms with E-state index in [9.17, 15) is 19.2 Å². The normalized spacial score (nSPS) is 18.2. The third kappa shape index (κ3) is 7.74. The molecule has 0 spiro atoms. The first-order chi connectivity index (χ1) is 25.5. The molecule has 2 aromatic heterocycles. The Morgan fingerprint density at radius 1 is 0.925 bits per heavy atom. The lowest BCUT2D eigenvalue weighted by atomic mass is 10.0. The number of likely N-dealkylation sites (tertiary alicyclic amines) is 2. The van der Waals surface area contributed by atoms with E-state index in [1.54, 1.807) is 28.1 Å². The van der Waals surface area contributed by atoms with Gasteiger partial charge in [-0.15, -0.1) is 6.58 Å². The van der Waals surface area contributed by atoms with Crippen LogP contribution in [-0.4, -0.2) is 93.1 Å². The molecule has 15 heteroatoms. The van der Waals surface area contributed by atoms with Gasteiger partial charge in [-0.3, -0.25) is 9.59 Å². The third-order valence-corrected chi connectivity index (χ3v) is 9.96. The van der Waals surface area contributed by atoms with E-state index in [4.69, 9.17) is 9.72 Å². The van der Waals surface area contributed by atoms with Crippen molar-refractivity contribution in [2.75, 3.05) is 27.3 Å². The number of aromatic nitrogens is 4. The Kier molecular flexibility index (Phi) is 11.1. The highest BCUT2D eigenvalue weighted by Crippen LogP contribution is 2.36. The van der Waals surface area contributed by atoms with Crippen molar-refractivity contribution in [3.8, 4) is 22.4 Å². The molecule has 53 heavy (non-hydrogen) atoms. The molecule has 0 radical (unpaired) electrons. The second-order valence-corrected chi connectivity index (χ2v) is 13.7. The van der Waals surface area contributed by atoms with Crippen LogP contribution in [0.25, 0.3) is 33.4 Å². The van der Waals surface area contributed by atoms with Crippen molar-refractivity contribution < 1.29 is 33.0 Å². The van der Waals surface area contributed by atoms with Crippen LogP contribution in [0, 0.1) is 11.7 Å². The maximum atomic E-state index is 15.8. The number of fused-ring (bicyclic) bond motifs is 1. The Morgan fingerprint density at radius 2 is 1.57 bits per heavy atom. The lowest BCUT2D eigenvalue weighted by molar-refractivity contribution is -0.135. The first kappa shape index (κ1) is 37.0. The Bertz CT molecular complexity index is 2010. The van der Waals surface area contributed by atoms with E-state index in [0.717, 1.165) is 35.9 Å². The van der Waals surface area contributed by atoms with E-state index in [1.807, 2.05) is 38.1 Å². The molecular weight excluding hydrogens is 683 g/mol. The van der Waals surface area contributed by atoms with E-state index in [1.165, 1.54) is 20.3 Å². The smallest absolute Gasteiger partial charge is 0.407 e. The number of halogens is 1. The van der Waals surface area contributed by atoms with E-state index in [2.05, 4.69) is 36.9 Å². The number of imidazole rings is 2. The minimum absolute atomic E-state index is 0.143. The highest BCUT2D eigenvalue weighted by atomic mass is 19.1. The molecule has 4 N–H and O–H groups in total. The maximum Gasteiger partial charge on any atom is 0.407 e. The zero-order valence-electron chi connectivity index (χ0n) is 30.3. The SMILES string of the molecule is C=CC[C@H](NC(=O)OC)C(=O)N1CCC[C@H]1c1ncc(-c2ccc(-c3ccc4nc([C@@H]5CCCN5C(=O)C(NC(=O)OC)C(C)C)[nH]c4c3)cc2F)[nH]1. The van der Waals surface area contributed by atoms with Gasteiger partial charge in [0.25, 0.3) is 0 Å². The molecular formula is C38H45FN8O6. The first-order valence-corrected chi connectivity index (χ1v) is 17.8. The average molecular weight is 729 g/mol. The van der Waals surface area contributed by atoms with Gasteiger partial charge in [0.05, 0.1) is 49.2 Å². The predicted octanol–water partition coefficient (Wildman–Crippen LogP) is 5.77. The number of hydrogen-bond acceptors (Lipinski definition) is 8. The quantitative estimate of drug-likeness (QED) is 0.141. The molecule has 1 unspecified atom stereocenters. The van der Waals surface area contributed by atoms with Gasteiger partial charge in [0.15, 0.2) is 0 Å². The van der Waals surface area contributed by atoms with Crippen LogP contribution in [0.2, 0.25) is 0 Å². The fourth-order valence-corrected chi connectivity index (χ4v) is 7.22. The number of alkyl carbamates (subject to hydrolysis) is 2. The molecule has 4 atom stereocenters. The molecule has 4 aromatic rings. The second kappa shape index (κ2) is 15.9. The zero-order valence-corrected chi connectivity index (χ0v) is 30.3. The number of benzene rings is 2. The van der Waals surface area contributed by atoms with Gasteiger partial charge in [-0.25, -0.2) is 23.9 Å². The summed E-state index contributed by atoms with van der Waals surface area (Å²) >= 11 is 0. The summed E-state index contributed by atoms with van der Waals surface area (Å²) in [6.07, 6.45) is 4.95. The summed E-state index contributed by atoms with van der Waals surface area (Å²) < 4.78 is 25.2. The number of nitrogens with zero attached hydrogens (tertiary/aromatic N) is 4. The predicted molar refractivity (Wildman–Crippen MR) is 195 cm³/mol. The molecule has 14 nitrogen and oxygen atoms in total. The topological polar surface area (TPSA) is 175 Å². The van der Waals surface area contributed by atoms with Crippen LogP contribution in [0.1, 0.15) is 69.7 Å². The van der Waals surface area contributed by atoms with E-state index < -0.39 is 30.1 Å².